The molecule has 4 bridgehead atoms. The highest BCUT2D eigenvalue weighted by molar-refractivity contribution is 5.79. The van der Waals surface area contributed by atoms with Crippen molar-refractivity contribution in [3.63, 3.8) is 0 Å². The maximum absolute atomic E-state index is 12.7. The van der Waals surface area contributed by atoms with E-state index in [0.29, 0.717) is 24.4 Å². The van der Waals surface area contributed by atoms with E-state index in [1.807, 2.05) is 0 Å². The minimum atomic E-state index is -0.442. The smallest absolute Gasteiger partial charge is 0.236 e. The Morgan fingerprint density at radius 2 is 1.95 bits per heavy atom. The third-order valence-electron chi connectivity index (χ3n) is 7.05. The quantitative estimate of drug-likeness (QED) is 0.867. The van der Waals surface area contributed by atoms with Crippen molar-refractivity contribution >= 4 is 5.91 Å². The molecule has 1 heterocycles. The molecule has 1 aliphatic heterocycles. The second-order valence-corrected chi connectivity index (χ2v) is 8.84. The number of hydrogen-bond donors (Lipinski definition) is 1. The molecule has 5 rings (SSSR count). The van der Waals surface area contributed by atoms with Crippen molar-refractivity contribution in [2.45, 2.75) is 75.5 Å². The summed E-state index contributed by atoms with van der Waals surface area (Å²) < 4.78 is 0. The van der Waals surface area contributed by atoms with Gasteiger partial charge in [0.1, 0.15) is 0 Å². The Kier molecular flexibility index (Phi) is 3.36. The normalized spacial score (nSPS) is 46.7. The first-order valence-corrected chi connectivity index (χ1v) is 9.12. The molecule has 4 nitrogen and oxygen atoms in total. The molecule has 3 atom stereocenters. The molecule has 1 N–H and O–H groups in total. The zero-order valence-electron chi connectivity index (χ0n) is 14.1. The van der Waals surface area contributed by atoms with E-state index in [9.17, 15) is 9.90 Å². The minimum absolute atomic E-state index is 0.0808. The first-order chi connectivity index (χ1) is 10.4. The molecule has 0 aromatic heterocycles. The fourth-order valence-electron chi connectivity index (χ4n) is 6.38. The van der Waals surface area contributed by atoms with Crippen LogP contribution in [0, 0.1) is 11.8 Å². The predicted octanol–water partition coefficient (Wildman–Crippen LogP) is 2.01. The number of amides is 1. The molecule has 3 unspecified atom stereocenters. The van der Waals surface area contributed by atoms with Crippen molar-refractivity contribution in [1.82, 2.24) is 9.80 Å². The first-order valence-electron chi connectivity index (χ1n) is 9.12. The van der Waals surface area contributed by atoms with Crippen LogP contribution < -0.4 is 0 Å². The van der Waals surface area contributed by atoms with Gasteiger partial charge in [0.25, 0.3) is 0 Å². The minimum Gasteiger partial charge on any atom is -0.390 e. The van der Waals surface area contributed by atoms with Gasteiger partial charge < -0.3 is 10.0 Å². The van der Waals surface area contributed by atoms with Crippen LogP contribution in [-0.2, 0) is 4.79 Å². The standard InChI is InChI=1S/C18H30N2O2/c1-13-4-3-5-20(13)16(21)11-19(2)17-7-14-6-15(8-17)10-18(22,9-14)12-17/h13-15,22H,3-12H2,1-2H3. The number of hydrogen-bond acceptors (Lipinski definition) is 3. The molecule has 22 heavy (non-hydrogen) atoms. The Labute approximate surface area is 133 Å². The van der Waals surface area contributed by atoms with E-state index >= 15 is 0 Å². The van der Waals surface area contributed by atoms with Crippen LogP contribution in [0.25, 0.3) is 0 Å². The number of carbonyl (C=O) groups is 1. The van der Waals surface area contributed by atoms with Crippen LogP contribution in [0.3, 0.4) is 0 Å². The lowest BCUT2D eigenvalue weighted by molar-refractivity contribution is -0.174. The van der Waals surface area contributed by atoms with Gasteiger partial charge in [-0.25, -0.2) is 0 Å². The van der Waals surface area contributed by atoms with Crippen LogP contribution in [0.5, 0.6) is 0 Å². The molecule has 4 heteroatoms. The van der Waals surface area contributed by atoms with Gasteiger partial charge >= 0.3 is 0 Å². The SMILES string of the molecule is CC1CCCN1C(=O)CN(C)C12CC3CC(CC(O)(C3)C1)C2. The van der Waals surface area contributed by atoms with Crippen molar-refractivity contribution in [1.29, 1.82) is 0 Å². The van der Waals surface area contributed by atoms with E-state index in [4.69, 9.17) is 0 Å². The summed E-state index contributed by atoms with van der Waals surface area (Å²) in [5.41, 5.74) is -0.361. The topological polar surface area (TPSA) is 43.8 Å². The number of rotatable bonds is 3. The number of aliphatic hydroxyl groups is 1. The van der Waals surface area contributed by atoms with Crippen LogP contribution in [-0.4, -0.2) is 58.1 Å². The van der Waals surface area contributed by atoms with Crippen molar-refractivity contribution in [2.24, 2.45) is 11.8 Å². The molecular weight excluding hydrogens is 276 g/mol. The molecule has 0 spiro atoms. The van der Waals surface area contributed by atoms with Crippen LogP contribution in [0.2, 0.25) is 0 Å². The Morgan fingerprint density at radius 3 is 2.50 bits per heavy atom. The van der Waals surface area contributed by atoms with Crippen LogP contribution in [0.15, 0.2) is 0 Å². The van der Waals surface area contributed by atoms with Crippen LogP contribution >= 0.6 is 0 Å². The third-order valence-corrected chi connectivity index (χ3v) is 7.05. The van der Waals surface area contributed by atoms with Gasteiger partial charge in [-0.3, -0.25) is 9.69 Å². The number of likely N-dealkylation sites (N-methyl/N-ethyl adjacent to an activating group) is 1. The van der Waals surface area contributed by atoms with E-state index in [-0.39, 0.29) is 11.4 Å². The third kappa shape index (κ3) is 2.30. The molecular formula is C18H30N2O2. The fraction of sp³-hybridized carbons (Fsp3) is 0.944. The van der Waals surface area contributed by atoms with E-state index in [1.54, 1.807) is 0 Å². The van der Waals surface area contributed by atoms with E-state index in [2.05, 4.69) is 23.8 Å². The summed E-state index contributed by atoms with van der Waals surface area (Å²) in [5, 5.41) is 10.9. The van der Waals surface area contributed by atoms with Gasteiger partial charge in [0.15, 0.2) is 0 Å². The number of carbonyl (C=O) groups excluding carboxylic acids is 1. The summed E-state index contributed by atoms with van der Waals surface area (Å²) in [7, 11) is 2.12. The maximum Gasteiger partial charge on any atom is 0.236 e. The Hall–Kier alpha value is -0.610. The highest BCUT2D eigenvalue weighted by Crippen LogP contribution is 2.59. The van der Waals surface area contributed by atoms with Gasteiger partial charge in [-0.1, -0.05) is 0 Å². The largest absolute Gasteiger partial charge is 0.390 e. The van der Waals surface area contributed by atoms with Gasteiger partial charge in [-0.15, -0.1) is 0 Å². The van der Waals surface area contributed by atoms with E-state index in [1.165, 1.54) is 19.3 Å². The summed E-state index contributed by atoms with van der Waals surface area (Å²) >= 11 is 0. The van der Waals surface area contributed by atoms with Crippen LogP contribution in [0.1, 0.15) is 58.3 Å². The molecule has 124 valence electrons. The second-order valence-electron chi connectivity index (χ2n) is 8.84. The predicted molar refractivity (Wildman–Crippen MR) is 85.4 cm³/mol. The van der Waals surface area contributed by atoms with E-state index in [0.717, 1.165) is 38.6 Å². The van der Waals surface area contributed by atoms with Gasteiger partial charge in [-0.2, -0.15) is 0 Å². The summed E-state index contributed by atoms with van der Waals surface area (Å²) in [6, 6.07) is 0.404. The zero-order chi connectivity index (χ0) is 15.5. The highest BCUT2D eigenvalue weighted by atomic mass is 16.3. The van der Waals surface area contributed by atoms with Crippen molar-refractivity contribution in [3.8, 4) is 0 Å². The summed E-state index contributed by atoms with van der Waals surface area (Å²) in [6.45, 7) is 3.62. The van der Waals surface area contributed by atoms with Crippen molar-refractivity contribution < 1.29 is 9.90 Å². The summed E-state index contributed by atoms with van der Waals surface area (Å²) in [4.78, 5) is 17.0. The molecule has 5 aliphatic rings. The van der Waals surface area contributed by atoms with Crippen LogP contribution in [0.4, 0.5) is 0 Å². The molecule has 0 aromatic carbocycles. The molecule has 4 saturated carbocycles. The lowest BCUT2D eigenvalue weighted by Gasteiger charge is -2.62. The zero-order valence-corrected chi connectivity index (χ0v) is 14.1. The molecule has 0 aromatic rings. The lowest BCUT2D eigenvalue weighted by Crippen LogP contribution is -2.65. The van der Waals surface area contributed by atoms with Gasteiger partial charge in [0.2, 0.25) is 5.91 Å². The maximum atomic E-state index is 12.7. The second kappa shape index (κ2) is 4.94. The monoisotopic (exact) mass is 306 g/mol. The first kappa shape index (κ1) is 14.9. The Balaban J connectivity index is 1.48. The van der Waals surface area contributed by atoms with Gasteiger partial charge in [0.05, 0.1) is 12.1 Å². The molecule has 1 amide bonds. The molecule has 1 saturated heterocycles. The molecule has 5 fully saturated rings. The average Bonchev–Trinajstić information content (AvgIpc) is 2.82. The number of nitrogens with zero attached hydrogens (tertiary/aromatic N) is 2. The number of likely N-dealkylation sites (tertiary alicyclic amines) is 1. The van der Waals surface area contributed by atoms with E-state index < -0.39 is 5.60 Å². The molecule has 0 radical (unpaired) electrons. The molecule has 4 aliphatic carbocycles. The van der Waals surface area contributed by atoms with Crippen molar-refractivity contribution in [2.75, 3.05) is 20.1 Å². The Bertz CT molecular complexity index is 464. The summed E-state index contributed by atoms with van der Waals surface area (Å²) in [5.74, 6) is 1.64. The lowest BCUT2D eigenvalue weighted by atomic mass is 9.50. The fourth-order valence-corrected chi connectivity index (χ4v) is 6.38. The van der Waals surface area contributed by atoms with Gasteiger partial charge in [0, 0.05) is 18.1 Å². The highest BCUT2D eigenvalue weighted by Gasteiger charge is 2.58. The summed E-state index contributed by atoms with van der Waals surface area (Å²) in [6.07, 6.45) is 8.83. The Morgan fingerprint density at radius 1 is 1.27 bits per heavy atom. The average molecular weight is 306 g/mol. The van der Waals surface area contributed by atoms with Crippen molar-refractivity contribution in [3.05, 3.63) is 0 Å². The van der Waals surface area contributed by atoms with Gasteiger partial charge in [-0.05, 0) is 77.2 Å².